The van der Waals surface area contributed by atoms with Gasteiger partial charge in [0.25, 0.3) is 5.91 Å². The van der Waals surface area contributed by atoms with E-state index >= 15 is 0 Å². The van der Waals surface area contributed by atoms with Crippen molar-refractivity contribution < 1.29 is 18.0 Å². The molecule has 1 atom stereocenters. The second-order valence-electron chi connectivity index (χ2n) is 6.17. The van der Waals surface area contributed by atoms with Crippen LogP contribution in [0.4, 0.5) is 13.2 Å². The molecule has 0 saturated carbocycles. The van der Waals surface area contributed by atoms with Crippen LogP contribution in [0.3, 0.4) is 0 Å². The van der Waals surface area contributed by atoms with Gasteiger partial charge in [-0.05, 0) is 44.0 Å². The summed E-state index contributed by atoms with van der Waals surface area (Å²) in [5, 5.41) is 9.61. The number of carbonyl (C=O) groups excluding carboxylic acids is 1. The van der Waals surface area contributed by atoms with E-state index in [9.17, 15) is 18.0 Å². The van der Waals surface area contributed by atoms with Crippen LogP contribution in [0.25, 0.3) is 5.69 Å². The summed E-state index contributed by atoms with van der Waals surface area (Å²) in [4.78, 5) is 12.4. The second-order valence-corrected chi connectivity index (χ2v) is 6.17. The minimum atomic E-state index is -4.70. The number of rotatable bonds is 3. The predicted molar refractivity (Wildman–Crippen MR) is 86.7 cm³/mol. The van der Waals surface area contributed by atoms with E-state index in [0.717, 1.165) is 35.8 Å². The predicted octanol–water partition coefficient (Wildman–Crippen LogP) is 2.68. The Hall–Kier alpha value is -2.35. The molecule has 2 aromatic rings. The van der Waals surface area contributed by atoms with Crippen molar-refractivity contribution in [2.24, 2.45) is 0 Å². The van der Waals surface area contributed by atoms with Crippen LogP contribution in [-0.2, 0) is 6.18 Å². The maximum absolute atomic E-state index is 13.6. The number of hydrogen-bond acceptors (Lipinski definition) is 3. The molecule has 0 bridgehead atoms. The average Bonchev–Trinajstić information content (AvgIpc) is 3.01. The van der Waals surface area contributed by atoms with Crippen LogP contribution >= 0.6 is 0 Å². The van der Waals surface area contributed by atoms with Gasteiger partial charge in [-0.1, -0.05) is 12.1 Å². The van der Waals surface area contributed by atoms with Crippen LogP contribution in [0.1, 0.15) is 34.5 Å². The number of aryl methyl sites for hydroxylation is 1. The molecular weight excluding hydrogens is 333 g/mol. The summed E-state index contributed by atoms with van der Waals surface area (Å²) in [6, 6.07) is 6.38. The minimum absolute atomic E-state index is 0.176. The summed E-state index contributed by atoms with van der Waals surface area (Å²) in [6.07, 6.45) is -2.10. The first-order chi connectivity index (χ1) is 11.9. The van der Waals surface area contributed by atoms with Crippen molar-refractivity contribution in [3.8, 4) is 5.69 Å². The smallest absolute Gasteiger partial charge is 0.348 e. The van der Waals surface area contributed by atoms with E-state index in [1.54, 1.807) is 25.1 Å². The van der Waals surface area contributed by atoms with Crippen LogP contribution < -0.4 is 10.6 Å². The lowest BCUT2D eigenvalue weighted by Crippen LogP contribution is -2.45. The monoisotopic (exact) mass is 352 g/mol. The fourth-order valence-corrected chi connectivity index (χ4v) is 2.98. The van der Waals surface area contributed by atoms with Gasteiger partial charge in [-0.15, -0.1) is 0 Å². The first kappa shape index (κ1) is 17.5. The van der Waals surface area contributed by atoms with Gasteiger partial charge >= 0.3 is 6.18 Å². The van der Waals surface area contributed by atoms with E-state index in [4.69, 9.17) is 0 Å². The molecular formula is C17H19F3N4O. The lowest BCUT2D eigenvalue weighted by molar-refractivity contribution is -0.143. The zero-order valence-corrected chi connectivity index (χ0v) is 13.7. The van der Waals surface area contributed by atoms with Crippen molar-refractivity contribution in [2.45, 2.75) is 32.0 Å². The third kappa shape index (κ3) is 3.84. The van der Waals surface area contributed by atoms with Crippen LogP contribution in [0.2, 0.25) is 0 Å². The topological polar surface area (TPSA) is 59.0 Å². The molecule has 1 aliphatic heterocycles. The number of carbonyl (C=O) groups is 1. The number of amides is 1. The highest BCUT2D eigenvalue weighted by molar-refractivity contribution is 5.95. The summed E-state index contributed by atoms with van der Waals surface area (Å²) in [5.41, 5.74) is -0.440. The Kier molecular flexibility index (Phi) is 4.80. The van der Waals surface area contributed by atoms with Gasteiger partial charge in [0.2, 0.25) is 0 Å². The number of alkyl halides is 3. The maximum Gasteiger partial charge on any atom is 0.434 e. The molecule has 0 unspecified atom stereocenters. The number of piperidine rings is 1. The molecule has 1 aliphatic rings. The van der Waals surface area contributed by atoms with E-state index < -0.39 is 23.3 Å². The van der Waals surface area contributed by atoms with E-state index in [1.165, 1.54) is 6.07 Å². The van der Waals surface area contributed by atoms with E-state index in [-0.39, 0.29) is 11.7 Å². The molecule has 1 amide bonds. The highest BCUT2D eigenvalue weighted by Crippen LogP contribution is 2.33. The number of hydrogen-bond donors (Lipinski definition) is 2. The summed E-state index contributed by atoms with van der Waals surface area (Å²) < 4.78 is 41.6. The molecule has 1 saturated heterocycles. The van der Waals surface area contributed by atoms with Crippen molar-refractivity contribution in [3.63, 3.8) is 0 Å². The molecule has 0 radical (unpaired) electrons. The summed E-state index contributed by atoms with van der Waals surface area (Å²) in [7, 11) is 0. The Labute approximate surface area is 143 Å². The van der Waals surface area contributed by atoms with E-state index in [2.05, 4.69) is 15.7 Å². The molecule has 134 valence electrons. The second kappa shape index (κ2) is 6.87. The first-order valence-corrected chi connectivity index (χ1v) is 8.10. The molecule has 0 spiro atoms. The van der Waals surface area contributed by atoms with Gasteiger partial charge in [-0.25, -0.2) is 4.68 Å². The largest absolute Gasteiger partial charge is 0.434 e. The Balaban J connectivity index is 1.95. The SMILES string of the molecule is Cc1cccc(-n2ncc(C(=O)N[C@H]3CCCNC3)c2C(F)(F)F)c1. The zero-order valence-electron chi connectivity index (χ0n) is 13.7. The molecule has 3 rings (SSSR count). The summed E-state index contributed by atoms with van der Waals surface area (Å²) in [5.74, 6) is -0.750. The fraction of sp³-hybridized carbons (Fsp3) is 0.412. The number of aromatic nitrogens is 2. The normalized spacial score (nSPS) is 18.2. The Morgan fingerprint density at radius 2 is 2.20 bits per heavy atom. The van der Waals surface area contributed by atoms with Crippen molar-refractivity contribution in [1.29, 1.82) is 0 Å². The summed E-state index contributed by atoms with van der Waals surface area (Å²) >= 11 is 0. The number of nitrogens with one attached hydrogen (secondary N) is 2. The van der Waals surface area contributed by atoms with Gasteiger partial charge in [-0.3, -0.25) is 4.79 Å². The van der Waals surface area contributed by atoms with Crippen molar-refractivity contribution >= 4 is 5.91 Å². The number of benzene rings is 1. The van der Waals surface area contributed by atoms with Crippen LogP contribution in [-0.4, -0.2) is 34.8 Å². The summed E-state index contributed by atoms with van der Waals surface area (Å²) in [6.45, 7) is 3.19. The van der Waals surface area contributed by atoms with Gasteiger partial charge in [0.1, 0.15) is 0 Å². The lowest BCUT2D eigenvalue weighted by Gasteiger charge is -2.24. The van der Waals surface area contributed by atoms with Crippen molar-refractivity contribution in [1.82, 2.24) is 20.4 Å². The van der Waals surface area contributed by atoms with Crippen LogP contribution in [0, 0.1) is 6.92 Å². The molecule has 2 N–H and O–H groups in total. The molecule has 1 aromatic heterocycles. The number of halogens is 3. The zero-order chi connectivity index (χ0) is 18.0. The average molecular weight is 352 g/mol. The highest BCUT2D eigenvalue weighted by Gasteiger charge is 2.40. The quantitative estimate of drug-likeness (QED) is 0.893. The van der Waals surface area contributed by atoms with Crippen LogP contribution in [0.15, 0.2) is 30.5 Å². The molecule has 1 aromatic carbocycles. The lowest BCUT2D eigenvalue weighted by atomic mass is 10.1. The maximum atomic E-state index is 13.6. The number of nitrogens with zero attached hydrogens (tertiary/aromatic N) is 2. The minimum Gasteiger partial charge on any atom is -0.348 e. The molecule has 2 heterocycles. The highest BCUT2D eigenvalue weighted by atomic mass is 19.4. The van der Waals surface area contributed by atoms with Gasteiger partial charge in [0.05, 0.1) is 17.4 Å². The standard InChI is InChI=1S/C17H19F3N4O/c1-11-4-2-6-13(8-11)24-15(17(18,19)20)14(10-22-24)16(25)23-12-5-3-7-21-9-12/h2,4,6,8,10,12,21H,3,5,7,9H2,1H3,(H,23,25)/t12-/m0/s1. The van der Waals surface area contributed by atoms with Crippen LogP contribution in [0.5, 0.6) is 0 Å². The Morgan fingerprint density at radius 1 is 1.40 bits per heavy atom. The third-order valence-electron chi connectivity index (χ3n) is 4.16. The van der Waals surface area contributed by atoms with E-state index in [0.29, 0.717) is 6.54 Å². The molecule has 1 fully saturated rings. The molecule has 8 heteroatoms. The van der Waals surface area contributed by atoms with Gasteiger partial charge in [0, 0.05) is 12.6 Å². The van der Waals surface area contributed by atoms with E-state index in [1.807, 2.05) is 0 Å². The fourth-order valence-electron chi connectivity index (χ4n) is 2.98. The molecule has 5 nitrogen and oxygen atoms in total. The van der Waals surface area contributed by atoms with Crippen molar-refractivity contribution in [2.75, 3.05) is 13.1 Å². The van der Waals surface area contributed by atoms with Gasteiger partial charge in [-0.2, -0.15) is 18.3 Å². The van der Waals surface area contributed by atoms with Gasteiger partial charge in [0.15, 0.2) is 5.69 Å². The van der Waals surface area contributed by atoms with Gasteiger partial charge < -0.3 is 10.6 Å². The Bertz CT molecular complexity index is 763. The molecule has 25 heavy (non-hydrogen) atoms. The third-order valence-corrected chi connectivity index (χ3v) is 4.16. The van der Waals surface area contributed by atoms with Crippen molar-refractivity contribution in [3.05, 3.63) is 47.3 Å². The first-order valence-electron chi connectivity index (χ1n) is 8.10. The Morgan fingerprint density at radius 3 is 2.84 bits per heavy atom. The molecule has 0 aliphatic carbocycles.